The first kappa shape index (κ1) is 17.5. The van der Waals surface area contributed by atoms with Crippen molar-refractivity contribution in [1.82, 2.24) is 15.3 Å². The van der Waals surface area contributed by atoms with Gasteiger partial charge in [0.1, 0.15) is 29.3 Å². The van der Waals surface area contributed by atoms with Crippen molar-refractivity contribution in [2.45, 2.75) is 13.0 Å². The molecule has 3 aromatic rings. The van der Waals surface area contributed by atoms with Crippen molar-refractivity contribution in [2.24, 2.45) is 0 Å². The van der Waals surface area contributed by atoms with Crippen LogP contribution in [0.5, 0.6) is 5.75 Å². The van der Waals surface area contributed by atoms with Gasteiger partial charge in [-0.05, 0) is 36.2 Å². The third-order valence-corrected chi connectivity index (χ3v) is 3.78. The molecule has 1 aromatic carbocycles. The molecule has 2 aromatic heterocycles. The van der Waals surface area contributed by atoms with E-state index < -0.39 is 0 Å². The van der Waals surface area contributed by atoms with Crippen molar-refractivity contribution in [3.63, 3.8) is 0 Å². The maximum Gasteiger partial charge on any atom is 0.270 e. The van der Waals surface area contributed by atoms with Crippen molar-refractivity contribution < 1.29 is 13.9 Å². The monoisotopic (exact) mass is 352 g/mol. The molecule has 0 aliphatic rings. The minimum Gasteiger partial charge on any atom is -0.497 e. The Morgan fingerprint density at radius 2 is 2.04 bits per heavy atom. The Kier molecular flexibility index (Phi) is 5.82. The first-order valence-electron chi connectivity index (χ1n) is 8.24. The molecule has 2 N–H and O–H groups in total. The van der Waals surface area contributed by atoms with Crippen molar-refractivity contribution in [3.8, 4) is 5.75 Å². The first-order valence-corrected chi connectivity index (χ1v) is 8.24. The fourth-order valence-electron chi connectivity index (χ4n) is 2.37. The second-order valence-corrected chi connectivity index (χ2v) is 5.58. The predicted molar refractivity (Wildman–Crippen MR) is 97.1 cm³/mol. The lowest BCUT2D eigenvalue weighted by molar-refractivity contribution is 0.0949. The Morgan fingerprint density at radius 1 is 1.19 bits per heavy atom. The smallest absolute Gasteiger partial charge is 0.270 e. The highest BCUT2D eigenvalue weighted by Crippen LogP contribution is 2.11. The third-order valence-electron chi connectivity index (χ3n) is 3.78. The highest BCUT2D eigenvalue weighted by molar-refractivity contribution is 5.92. The van der Waals surface area contributed by atoms with Gasteiger partial charge in [0.05, 0.1) is 19.9 Å². The van der Waals surface area contributed by atoms with Crippen LogP contribution >= 0.6 is 0 Å². The maximum absolute atomic E-state index is 12.3. The molecule has 1 amide bonds. The van der Waals surface area contributed by atoms with E-state index in [1.165, 1.54) is 6.33 Å². The third kappa shape index (κ3) is 4.83. The van der Waals surface area contributed by atoms with Crippen molar-refractivity contribution >= 4 is 11.7 Å². The zero-order valence-corrected chi connectivity index (χ0v) is 14.4. The van der Waals surface area contributed by atoms with Gasteiger partial charge < -0.3 is 19.8 Å². The van der Waals surface area contributed by atoms with E-state index in [1.807, 2.05) is 36.4 Å². The van der Waals surface area contributed by atoms with Crippen LogP contribution in [0.1, 0.15) is 21.8 Å². The molecule has 0 saturated heterocycles. The lowest BCUT2D eigenvalue weighted by atomic mass is 10.1. The number of carbonyl (C=O) groups is 1. The Labute approximate surface area is 151 Å². The summed E-state index contributed by atoms with van der Waals surface area (Å²) >= 11 is 0. The lowest BCUT2D eigenvalue weighted by Crippen LogP contribution is -2.26. The number of nitrogens with zero attached hydrogens (tertiary/aromatic N) is 2. The summed E-state index contributed by atoms with van der Waals surface area (Å²) in [6, 6.07) is 13.1. The molecular weight excluding hydrogens is 332 g/mol. The standard InChI is InChI=1S/C19H20N4O3/c1-25-15-6-4-14(5-7-15)8-9-20-19(24)17-11-18(23-13-22-17)21-12-16-3-2-10-26-16/h2-7,10-11,13H,8-9,12H2,1H3,(H,20,24)(H,21,22,23). The number of hydrogen-bond donors (Lipinski definition) is 2. The molecule has 0 radical (unpaired) electrons. The molecule has 0 unspecified atom stereocenters. The van der Waals surface area contributed by atoms with Gasteiger partial charge in [0.15, 0.2) is 0 Å². The number of benzene rings is 1. The fraction of sp³-hybridized carbons (Fsp3) is 0.211. The summed E-state index contributed by atoms with van der Waals surface area (Å²) in [4.78, 5) is 20.4. The highest BCUT2D eigenvalue weighted by Gasteiger charge is 2.08. The van der Waals surface area contributed by atoms with Gasteiger partial charge in [0.25, 0.3) is 5.91 Å². The van der Waals surface area contributed by atoms with Crippen LogP contribution < -0.4 is 15.4 Å². The second kappa shape index (κ2) is 8.66. The SMILES string of the molecule is COc1ccc(CCNC(=O)c2cc(NCc3ccco3)ncn2)cc1. The Hall–Kier alpha value is -3.35. The second-order valence-electron chi connectivity index (χ2n) is 5.58. The molecule has 0 atom stereocenters. The van der Waals surface area contributed by atoms with E-state index in [2.05, 4.69) is 20.6 Å². The summed E-state index contributed by atoms with van der Waals surface area (Å²) in [7, 11) is 1.63. The Morgan fingerprint density at radius 3 is 2.77 bits per heavy atom. The van der Waals surface area contributed by atoms with Crippen molar-refractivity contribution in [3.05, 3.63) is 72.1 Å². The van der Waals surface area contributed by atoms with E-state index in [9.17, 15) is 4.79 Å². The first-order chi connectivity index (χ1) is 12.7. The number of nitrogens with one attached hydrogen (secondary N) is 2. The van der Waals surface area contributed by atoms with E-state index in [0.29, 0.717) is 24.6 Å². The summed E-state index contributed by atoms with van der Waals surface area (Å²) in [5.41, 5.74) is 1.44. The van der Waals surface area contributed by atoms with E-state index in [1.54, 1.807) is 19.4 Å². The van der Waals surface area contributed by atoms with Crippen LogP contribution in [-0.4, -0.2) is 29.5 Å². The number of ether oxygens (including phenoxy) is 1. The summed E-state index contributed by atoms with van der Waals surface area (Å²) in [6.45, 7) is 1.01. The zero-order valence-electron chi connectivity index (χ0n) is 14.4. The number of amides is 1. The van der Waals surface area contributed by atoms with Crippen LogP contribution in [0.3, 0.4) is 0 Å². The van der Waals surface area contributed by atoms with E-state index in [0.717, 1.165) is 23.5 Å². The molecule has 0 spiro atoms. The van der Waals surface area contributed by atoms with Crippen LogP contribution in [0, 0.1) is 0 Å². The van der Waals surface area contributed by atoms with Gasteiger partial charge in [-0.2, -0.15) is 0 Å². The van der Waals surface area contributed by atoms with Crippen molar-refractivity contribution in [2.75, 3.05) is 19.0 Å². The average molecular weight is 352 g/mol. The highest BCUT2D eigenvalue weighted by atomic mass is 16.5. The normalized spacial score (nSPS) is 10.3. The Bertz CT molecular complexity index is 832. The largest absolute Gasteiger partial charge is 0.497 e. The molecule has 7 nitrogen and oxygen atoms in total. The summed E-state index contributed by atoms with van der Waals surface area (Å²) < 4.78 is 10.4. The average Bonchev–Trinajstić information content (AvgIpc) is 3.21. The summed E-state index contributed by atoms with van der Waals surface area (Å²) in [6.07, 6.45) is 3.70. The van der Waals surface area contributed by atoms with E-state index in [-0.39, 0.29) is 5.91 Å². The lowest BCUT2D eigenvalue weighted by Gasteiger charge is -2.07. The van der Waals surface area contributed by atoms with Crippen LogP contribution in [0.2, 0.25) is 0 Å². The molecule has 2 heterocycles. The number of anilines is 1. The molecule has 0 aliphatic heterocycles. The topological polar surface area (TPSA) is 89.3 Å². The molecule has 134 valence electrons. The molecule has 3 rings (SSSR count). The number of aromatic nitrogens is 2. The van der Waals surface area contributed by atoms with Crippen molar-refractivity contribution in [1.29, 1.82) is 0 Å². The number of carbonyl (C=O) groups excluding carboxylic acids is 1. The fourth-order valence-corrected chi connectivity index (χ4v) is 2.37. The molecule has 0 aliphatic carbocycles. The molecule has 26 heavy (non-hydrogen) atoms. The summed E-state index contributed by atoms with van der Waals surface area (Å²) in [5, 5.41) is 5.96. The van der Waals surface area contributed by atoms with Gasteiger partial charge in [-0.1, -0.05) is 12.1 Å². The van der Waals surface area contributed by atoms with Gasteiger partial charge in [0, 0.05) is 12.6 Å². The van der Waals surface area contributed by atoms with Gasteiger partial charge >= 0.3 is 0 Å². The number of hydrogen-bond acceptors (Lipinski definition) is 6. The van der Waals surface area contributed by atoms with Gasteiger partial charge in [-0.15, -0.1) is 0 Å². The van der Waals surface area contributed by atoms with Crippen LogP contribution in [0.15, 0.2) is 59.5 Å². The number of methoxy groups -OCH3 is 1. The number of furan rings is 1. The number of rotatable bonds is 8. The minimum absolute atomic E-state index is 0.234. The minimum atomic E-state index is -0.234. The van der Waals surface area contributed by atoms with Crippen LogP contribution in [0.4, 0.5) is 5.82 Å². The van der Waals surface area contributed by atoms with Gasteiger partial charge in [0.2, 0.25) is 0 Å². The molecule has 0 bridgehead atoms. The Balaban J connectivity index is 1.49. The van der Waals surface area contributed by atoms with Crippen LogP contribution in [0.25, 0.3) is 0 Å². The van der Waals surface area contributed by atoms with E-state index >= 15 is 0 Å². The maximum atomic E-state index is 12.3. The molecule has 0 fully saturated rings. The van der Waals surface area contributed by atoms with Gasteiger partial charge in [-0.25, -0.2) is 9.97 Å². The zero-order chi connectivity index (χ0) is 18.2. The predicted octanol–water partition coefficient (Wildman–Crippen LogP) is 2.66. The molecule has 7 heteroatoms. The molecular formula is C19H20N4O3. The summed E-state index contributed by atoms with van der Waals surface area (Å²) in [5.74, 6) is 1.93. The molecule has 0 saturated carbocycles. The van der Waals surface area contributed by atoms with Crippen LogP contribution in [-0.2, 0) is 13.0 Å². The van der Waals surface area contributed by atoms with E-state index in [4.69, 9.17) is 9.15 Å². The quantitative estimate of drug-likeness (QED) is 0.648. The van der Waals surface area contributed by atoms with Gasteiger partial charge in [-0.3, -0.25) is 4.79 Å².